The highest BCUT2D eigenvalue weighted by molar-refractivity contribution is 5.76. The number of carbonyl (C=O) groups is 1. The molecule has 0 aromatic rings. The fraction of sp³-hybridized carbons (Fsp3) is 0.667. The molecule has 0 radical (unpaired) electrons. The summed E-state index contributed by atoms with van der Waals surface area (Å²) in [5, 5.41) is 17.8. The van der Waals surface area contributed by atoms with Crippen LogP contribution in [0.3, 0.4) is 0 Å². The van der Waals surface area contributed by atoms with Crippen molar-refractivity contribution in [2.24, 2.45) is 0 Å². The highest BCUT2D eigenvalue weighted by Crippen LogP contribution is 2.10. The van der Waals surface area contributed by atoms with Crippen molar-refractivity contribution in [3.05, 3.63) is 12.2 Å². The van der Waals surface area contributed by atoms with Crippen LogP contribution in [0.5, 0.6) is 0 Å². The summed E-state index contributed by atoms with van der Waals surface area (Å²) in [5.74, 6) is -1.18. The molecule has 0 aliphatic carbocycles. The highest BCUT2D eigenvalue weighted by Gasteiger charge is 2.27. The normalized spacial score (nSPS) is 16.2. The Morgan fingerprint density at radius 3 is 2.50 bits per heavy atom. The molecule has 0 aliphatic rings. The molecule has 0 saturated heterocycles. The van der Waals surface area contributed by atoms with Crippen LogP contribution in [0.25, 0.3) is 0 Å². The van der Waals surface area contributed by atoms with Gasteiger partial charge >= 0.3 is 5.97 Å². The SMILES string of the molecule is CCCC=CCC(C)(O)C(=O)O. The molecule has 0 aliphatic heterocycles. The quantitative estimate of drug-likeness (QED) is 0.619. The van der Waals surface area contributed by atoms with E-state index in [9.17, 15) is 9.90 Å². The first-order chi connectivity index (χ1) is 5.50. The van der Waals surface area contributed by atoms with Gasteiger partial charge in [0, 0.05) is 6.42 Å². The van der Waals surface area contributed by atoms with E-state index in [2.05, 4.69) is 0 Å². The molecule has 0 fully saturated rings. The standard InChI is InChI=1S/C9H16O3/c1-3-4-5-6-7-9(2,12)8(10)11/h5-6,12H,3-4,7H2,1-2H3,(H,10,11). The number of unbranched alkanes of at least 4 members (excludes halogenated alkanes) is 1. The Kier molecular flexibility index (Phi) is 4.59. The third-order valence-electron chi connectivity index (χ3n) is 1.60. The Bertz CT molecular complexity index is 171. The smallest absolute Gasteiger partial charge is 0.335 e. The number of hydrogen-bond donors (Lipinski definition) is 2. The monoisotopic (exact) mass is 172 g/mol. The lowest BCUT2D eigenvalue weighted by Gasteiger charge is -2.14. The maximum atomic E-state index is 10.4. The van der Waals surface area contributed by atoms with Gasteiger partial charge in [0.25, 0.3) is 0 Å². The van der Waals surface area contributed by atoms with Gasteiger partial charge in [-0.25, -0.2) is 4.79 Å². The zero-order valence-electron chi connectivity index (χ0n) is 7.58. The second kappa shape index (κ2) is 4.93. The van der Waals surface area contributed by atoms with Crippen LogP contribution in [-0.2, 0) is 4.79 Å². The Morgan fingerprint density at radius 1 is 1.50 bits per heavy atom. The number of aliphatic hydroxyl groups is 1. The number of rotatable bonds is 5. The first-order valence-corrected chi connectivity index (χ1v) is 4.11. The van der Waals surface area contributed by atoms with Gasteiger partial charge in [-0.05, 0) is 13.3 Å². The van der Waals surface area contributed by atoms with Gasteiger partial charge in [-0.2, -0.15) is 0 Å². The molecular formula is C9H16O3. The molecular weight excluding hydrogens is 156 g/mol. The Balaban J connectivity index is 3.83. The van der Waals surface area contributed by atoms with E-state index in [1.807, 2.05) is 13.0 Å². The van der Waals surface area contributed by atoms with Crippen LogP contribution in [-0.4, -0.2) is 21.8 Å². The molecule has 0 spiro atoms. The van der Waals surface area contributed by atoms with Gasteiger partial charge in [-0.15, -0.1) is 0 Å². The van der Waals surface area contributed by atoms with Crippen molar-refractivity contribution in [2.45, 2.75) is 38.7 Å². The van der Waals surface area contributed by atoms with Gasteiger partial charge in [0.1, 0.15) is 0 Å². The van der Waals surface area contributed by atoms with Crippen LogP contribution in [0, 0.1) is 0 Å². The summed E-state index contributed by atoms with van der Waals surface area (Å²) < 4.78 is 0. The van der Waals surface area contributed by atoms with Crippen molar-refractivity contribution in [3.63, 3.8) is 0 Å². The maximum Gasteiger partial charge on any atom is 0.335 e. The fourth-order valence-corrected chi connectivity index (χ4v) is 0.685. The van der Waals surface area contributed by atoms with E-state index in [1.165, 1.54) is 6.92 Å². The molecule has 2 N–H and O–H groups in total. The first kappa shape index (κ1) is 11.2. The minimum absolute atomic E-state index is 0.169. The fourth-order valence-electron chi connectivity index (χ4n) is 0.685. The Hall–Kier alpha value is -0.830. The predicted octanol–water partition coefficient (Wildman–Crippen LogP) is 1.57. The minimum atomic E-state index is -1.62. The number of carboxylic acid groups (broad SMARTS) is 1. The Labute approximate surface area is 72.7 Å². The summed E-state index contributed by atoms with van der Waals surface area (Å²) in [6, 6.07) is 0. The predicted molar refractivity (Wildman–Crippen MR) is 46.9 cm³/mol. The highest BCUT2D eigenvalue weighted by atomic mass is 16.4. The molecule has 0 aromatic heterocycles. The average molecular weight is 172 g/mol. The molecule has 0 bridgehead atoms. The van der Waals surface area contributed by atoms with Crippen LogP contribution in [0.15, 0.2) is 12.2 Å². The summed E-state index contributed by atoms with van der Waals surface area (Å²) >= 11 is 0. The molecule has 3 heteroatoms. The lowest BCUT2D eigenvalue weighted by molar-refractivity contribution is -0.156. The van der Waals surface area contributed by atoms with E-state index in [4.69, 9.17) is 5.11 Å². The minimum Gasteiger partial charge on any atom is -0.479 e. The third kappa shape index (κ3) is 4.13. The number of hydrogen-bond acceptors (Lipinski definition) is 2. The molecule has 0 aromatic carbocycles. The maximum absolute atomic E-state index is 10.4. The summed E-state index contributed by atoms with van der Waals surface area (Å²) in [6.45, 7) is 3.34. The van der Waals surface area contributed by atoms with Crippen LogP contribution in [0.4, 0.5) is 0 Å². The van der Waals surface area contributed by atoms with Crippen molar-refractivity contribution >= 4 is 5.97 Å². The van der Waals surface area contributed by atoms with Crippen LogP contribution >= 0.6 is 0 Å². The summed E-state index contributed by atoms with van der Waals surface area (Å²) in [6.07, 6.45) is 5.72. The largest absolute Gasteiger partial charge is 0.479 e. The van der Waals surface area contributed by atoms with Crippen molar-refractivity contribution in [1.82, 2.24) is 0 Å². The first-order valence-electron chi connectivity index (χ1n) is 4.11. The molecule has 3 nitrogen and oxygen atoms in total. The van der Waals surface area contributed by atoms with E-state index in [-0.39, 0.29) is 6.42 Å². The van der Waals surface area contributed by atoms with Crippen molar-refractivity contribution in [3.8, 4) is 0 Å². The second-order valence-electron chi connectivity index (χ2n) is 3.04. The summed E-state index contributed by atoms with van der Waals surface area (Å²) in [4.78, 5) is 10.4. The lowest BCUT2D eigenvalue weighted by Crippen LogP contribution is -2.33. The van der Waals surface area contributed by atoms with E-state index in [0.717, 1.165) is 12.8 Å². The van der Waals surface area contributed by atoms with Crippen LogP contribution < -0.4 is 0 Å². The Morgan fingerprint density at radius 2 is 2.08 bits per heavy atom. The molecule has 70 valence electrons. The van der Waals surface area contributed by atoms with Gasteiger partial charge in [0.05, 0.1) is 0 Å². The molecule has 1 unspecified atom stereocenters. The van der Waals surface area contributed by atoms with E-state index < -0.39 is 11.6 Å². The molecule has 12 heavy (non-hydrogen) atoms. The molecule has 0 heterocycles. The molecule has 0 rings (SSSR count). The lowest BCUT2D eigenvalue weighted by atomic mass is 10.0. The number of aliphatic carboxylic acids is 1. The van der Waals surface area contributed by atoms with Gasteiger partial charge < -0.3 is 10.2 Å². The van der Waals surface area contributed by atoms with Gasteiger partial charge in [0.15, 0.2) is 5.60 Å². The van der Waals surface area contributed by atoms with Crippen molar-refractivity contribution in [2.75, 3.05) is 0 Å². The second-order valence-corrected chi connectivity index (χ2v) is 3.04. The molecule has 1 atom stereocenters. The van der Waals surface area contributed by atoms with Gasteiger partial charge in [0.2, 0.25) is 0 Å². The average Bonchev–Trinajstić information content (AvgIpc) is 1.98. The zero-order valence-corrected chi connectivity index (χ0v) is 7.58. The summed E-state index contributed by atoms with van der Waals surface area (Å²) in [5.41, 5.74) is -1.62. The topological polar surface area (TPSA) is 57.5 Å². The summed E-state index contributed by atoms with van der Waals surface area (Å²) in [7, 11) is 0. The van der Waals surface area contributed by atoms with Crippen molar-refractivity contribution < 1.29 is 15.0 Å². The van der Waals surface area contributed by atoms with Crippen LogP contribution in [0.1, 0.15) is 33.1 Å². The van der Waals surface area contributed by atoms with E-state index in [1.54, 1.807) is 6.08 Å². The van der Waals surface area contributed by atoms with Gasteiger partial charge in [-0.3, -0.25) is 0 Å². The zero-order chi connectivity index (χ0) is 9.61. The van der Waals surface area contributed by atoms with E-state index >= 15 is 0 Å². The van der Waals surface area contributed by atoms with E-state index in [0.29, 0.717) is 0 Å². The third-order valence-corrected chi connectivity index (χ3v) is 1.60. The molecule has 0 amide bonds. The molecule has 0 saturated carbocycles. The van der Waals surface area contributed by atoms with Crippen molar-refractivity contribution in [1.29, 1.82) is 0 Å². The number of allylic oxidation sites excluding steroid dienone is 1. The van der Waals surface area contributed by atoms with Gasteiger partial charge in [-0.1, -0.05) is 25.5 Å². The van der Waals surface area contributed by atoms with Crippen LogP contribution in [0.2, 0.25) is 0 Å². The number of carboxylic acids is 1.